The van der Waals surface area contributed by atoms with Crippen LogP contribution < -0.4 is 5.32 Å². The Balaban J connectivity index is 1.48. The van der Waals surface area contributed by atoms with Gasteiger partial charge in [0.1, 0.15) is 5.82 Å². The fourth-order valence-electron chi connectivity index (χ4n) is 4.53. The number of aromatic nitrogens is 3. The van der Waals surface area contributed by atoms with Gasteiger partial charge in [-0.3, -0.25) is 4.79 Å². The molecule has 9 heteroatoms. The van der Waals surface area contributed by atoms with Gasteiger partial charge in [-0.2, -0.15) is 0 Å². The summed E-state index contributed by atoms with van der Waals surface area (Å²) in [5.41, 5.74) is 1.11. The first-order valence-electron chi connectivity index (χ1n) is 10.9. The molecule has 2 aliphatic rings. The zero-order valence-corrected chi connectivity index (χ0v) is 18.8. The Morgan fingerprint density at radius 2 is 1.87 bits per heavy atom. The van der Waals surface area contributed by atoms with Crippen LogP contribution in [0.2, 0.25) is 5.02 Å². The Morgan fingerprint density at radius 3 is 2.61 bits per heavy atom. The Bertz CT molecular complexity index is 944. The molecule has 3 heterocycles. The fraction of sp³-hybridized carbons (Fsp3) is 0.545. The normalized spacial score (nSPS) is 21.4. The summed E-state index contributed by atoms with van der Waals surface area (Å²) in [6.45, 7) is 6.17. The van der Waals surface area contributed by atoms with Crippen molar-refractivity contribution in [2.24, 2.45) is 0 Å². The van der Waals surface area contributed by atoms with Crippen molar-refractivity contribution in [2.75, 3.05) is 19.6 Å². The summed E-state index contributed by atoms with van der Waals surface area (Å²) in [6, 6.07) is 7.53. The lowest BCUT2D eigenvalue weighted by molar-refractivity contribution is -0.130. The number of carbonyl (C=O) groups excluding carboxylic acids is 2. The first-order valence-corrected chi connectivity index (χ1v) is 11.3. The van der Waals surface area contributed by atoms with Crippen LogP contribution in [0.1, 0.15) is 55.9 Å². The van der Waals surface area contributed by atoms with Gasteiger partial charge in [0, 0.05) is 37.6 Å². The van der Waals surface area contributed by atoms with Crippen LogP contribution in [0.4, 0.5) is 4.79 Å². The number of benzene rings is 1. The maximum absolute atomic E-state index is 13.1. The first-order chi connectivity index (χ1) is 14.9. The van der Waals surface area contributed by atoms with E-state index < -0.39 is 0 Å². The highest BCUT2D eigenvalue weighted by molar-refractivity contribution is 6.30. The second kappa shape index (κ2) is 9.26. The van der Waals surface area contributed by atoms with Gasteiger partial charge in [0.2, 0.25) is 5.91 Å². The monoisotopic (exact) mass is 444 g/mol. The molecule has 31 heavy (non-hydrogen) atoms. The zero-order valence-electron chi connectivity index (χ0n) is 18.1. The molecule has 0 bridgehead atoms. The number of likely N-dealkylation sites (tertiary alicyclic amines) is 2. The summed E-state index contributed by atoms with van der Waals surface area (Å²) in [5.74, 6) is 1.69. The van der Waals surface area contributed by atoms with Gasteiger partial charge in [0.25, 0.3) is 0 Å². The van der Waals surface area contributed by atoms with Crippen LogP contribution in [0.3, 0.4) is 0 Å². The summed E-state index contributed by atoms with van der Waals surface area (Å²) in [7, 11) is 0. The number of rotatable bonds is 4. The smallest absolute Gasteiger partial charge is 0.318 e. The Hall–Kier alpha value is -2.61. The molecule has 2 fully saturated rings. The van der Waals surface area contributed by atoms with Crippen molar-refractivity contribution in [1.82, 2.24) is 29.9 Å². The predicted molar refractivity (Wildman–Crippen MR) is 118 cm³/mol. The number of halogens is 1. The number of piperidine rings is 1. The third-order valence-corrected chi connectivity index (χ3v) is 6.48. The number of amides is 3. The van der Waals surface area contributed by atoms with Gasteiger partial charge in [-0.05, 0) is 50.3 Å². The number of hydrogen-bond donors (Lipinski definition) is 1. The van der Waals surface area contributed by atoms with E-state index in [-0.39, 0.29) is 24.0 Å². The van der Waals surface area contributed by atoms with Crippen LogP contribution in [-0.4, -0.2) is 62.2 Å². The molecule has 1 aromatic heterocycles. The van der Waals surface area contributed by atoms with Crippen molar-refractivity contribution in [3.8, 4) is 0 Å². The number of carbonyl (C=O) groups is 2. The summed E-state index contributed by atoms with van der Waals surface area (Å²) < 4.78 is 2.08. The van der Waals surface area contributed by atoms with E-state index in [1.807, 2.05) is 41.0 Å². The number of aryl methyl sites for hydroxylation is 1. The van der Waals surface area contributed by atoms with E-state index in [0.29, 0.717) is 24.7 Å². The van der Waals surface area contributed by atoms with E-state index in [1.165, 1.54) is 0 Å². The molecule has 8 nitrogen and oxygen atoms in total. The van der Waals surface area contributed by atoms with Crippen molar-refractivity contribution in [3.63, 3.8) is 0 Å². The Morgan fingerprint density at radius 1 is 1.13 bits per heavy atom. The minimum Gasteiger partial charge on any atom is -0.341 e. The van der Waals surface area contributed by atoms with Crippen LogP contribution in [0.25, 0.3) is 0 Å². The van der Waals surface area contributed by atoms with Crippen LogP contribution in [0.15, 0.2) is 24.3 Å². The SMILES string of the molecule is CC(=O)N1CCC[C@H](NC(=O)N2CCC[C@@H]2c2nnc(C)n2Cc2ccc(Cl)cc2)C1. The van der Waals surface area contributed by atoms with Gasteiger partial charge in [-0.25, -0.2) is 4.79 Å². The predicted octanol–water partition coefficient (Wildman–Crippen LogP) is 3.15. The van der Waals surface area contributed by atoms with Crippen LogP contribution in [0.5, 0.6) is 0 Å². The molecule has 2 aromatic rings. The first kappa shape index (κ1) is 21.6. The minimum absolute atomic E-state index is 0.0138. The summed E-state index contributed by atoms with van der Waals surface area (Å²) in [5, 5.41) is 12.6. The number of urea groups is 1. The Labute approximate surface area is 187 Å². The largest absolute Gasteiger partial charge is 0.341 e. The Kier molecular flexibility index (Phi) is 6.46. The molecule has 0 aliphatic carbocycles. The highest BCUT2D eigenvalue weighted by Crippen LogP contribution is 2.32. The van der Waals surface area contributed by atoms with Crippen molar-refractivity contribution < 1.29 is 9.59 Å². The van der Waals surface area contributed by atoms with E-state index >= 15 is 0 Å². The van der Waals surface area contributed by atoms with Crippen LogP contribution >= 0.6 is 11.6 Å². The van der Waals surface area contributed by atoms with Gasteiger partial charge in [0.05, 0.1) is 12.6 Å². The molecule has 4 rings (SSSR count). The van der Waals surface area contributed by atoms with E-state index in [2.05, 4.69) is 20.1 Å². The van der Waals surface area contributed by atoms with Crippen LogP contribution in [0, 0.1) is 6.92 Å². The molecular formula is C22H29ClN6O2. The lowest BCUT2D eigenvalue weighted by Gasteiger charge is -2.34. The van der Waals surface area contributed by atoms with Gasteiger partial charge < -0.3 is 19.7 Å². The van der Waals surface area contributed by atoms with Crippen molar-refractivity contribution in [2.45, 2.75) is 58.2 Å². The van der Waals surface area contributed by atoms with Gasteiger partial charge >= 0.3 is 6.03 Å². The maximum atomic E-state index is 13.1. The van der Waals surface area contributed by atoms with Gasteiger partial charge in [-0.1, -0.05) is 23.7 Å². The summed E-state index contributed by atoms with van der Waals surface area (Å²) in [6.07, 6.45) is 3.58. The van der Waals surface area contributed by atoms with Gasteiger partial charge in [0.15, 0.2) is 5.82 Å². The molecule has 3 amide bonds. The summed E-state index contributed by atoms with van der Waals surface area (Å²) in [4.78, 5) is 28.5. The van der Waals surface area contributed by atoms with Gasteiger partial charge in [-0.15, -0.1) is 10.2 Å². The van der Waals surface area contributed by atoms with E-state index in [4.69, 9.17) is 11.6 Å². The third kappa shape index (κ3) is 4.84. The molecule has 0 spiro atoms. The topological polar surface area (TPSA) is 83.4 Å². The van der Waals surface area contributed by atoms with Crippen molar-refractivity contribution in [3.05, 3.63) is 46.5 Å². The van der Waals surface area contributed by atoms with Crippen LogP contribution in [-0.2, 0) is 11.3 Å². The quantitative estimate of drug-likeness (QED) is 0.785. The number of nitrogens with zero attached hydrogens (tertiary/aromatic N) is 5. The van der Waals surface area contributed by atoms with E-state index in [9.17, 15) is 9.59 Å². The number of hydrogen-bond acceptors (Lipinski definition) is 4. The molecule has 2 aliphatic heterocycles. The molecule has 0 unspecified atom stereocenters. The highest BCUT2D eigenvalue weighted by Gasteiger charge is 2.35. The molecule has 2 saturated heterocycles. The molecular weight excluding hydrogens is 416 g/mol. The average molecular weight is 445 g/mol. The fourth-order valence-corrected chi connectivity index (χ4v) is 4.65. The second-order valence-electron chi connectivity index (χ2n) is 8.42. The zero-order chi connectivity index (χ0) is 22.0. The third-order valence-electron chi connectivity index (χ3n) is 6.22. The molecule has 0 saturated carbocycles. The van der Waals surface area contributed by atoms with Crippen molar-refractivity contribution in [1.29, 1.82) is 0 Å². The van der Waals surface area contributed by atoms with Crippen molar-refractivity contribution >= 4 is 23.5 Å². The average Bonchev–Trinajstić information content (AvgIpc) is 3.37. The number of nitrogens with one attached hydrogen (secondary N) is 1. The lowest BCUT2D eigenvalue weighted by Crippen LogP contribution is -2.52. The lowest BCUT2D eigenvalue weighted by atomic mass is 10.1. The highest BCUT2D eigenvalue weighted by atomic mass is 35.5. The van der Waals surface area contributed by atoms with E-state index in [0.717, 1.165) is 49.4 Å². The molecule has 1 aromatic carbocycles. The molecule has 0 radical (unpaired) electrons. The molecule has 166 valence electrons. The standard InChI is InChI=1S/C22H29ClN6O2/c1-15-25-26-21(29(15)13-17-7-9-18(23)10-8-17)20-6-4-12-28(20)22(31)24-19-5-3-11-27(14-19)16(2)30/h7-10,19-20H,3-6,11-14H2,1-2H3,(H,24,31)/t19-,20+/m0/s1. The molecule has 2 atom stereocenters. The maximum Gasteiger partial charge on any atom is 0.318 e. The summed E-state index contributed by atoms with van der Waals surface area (Å²) >= 11 is 6.02. The second-order valence-corrected chi connectivity index (χ2v) is 8.86. The minimum atomic E-state index is -0.110. The van der Waals surface area contributed by atoms with E-state index in [1.54, 1.807) is 6.92 Å². The molecule has 1 N–H and O–H groups in total.